The fourth-order valence-corrected chi connectivity index (χ4v) is 6.51. The molecule has 1 saturated heterocycles. The average molecular weight is 519 g/mol. The number of nitrogens with one attached hydrogen (secondary N) is 2. The SMILES string of the molecule is Cc1cc(C)[n+]2[nH]c(CC3=C(O)CC(CCCCC4CCNCC4)(C4CCCC4)OC3=O)nc2n1.Cl. The Bertz CT molecular complexity index is 1100. The summed E-state index contributed by atoms with van der Waals surface area (Å²) in [5, 5.41) is 17.8. The summed E-state index contributed by atoms with van der Waals surface area (Å²) in [5.41, 5.74) is 1.64. The molecular weight excluding hydrogens is 478 g/mol. The van der Waals surface area contributed by atoms with E-state index in [1.165, 1.54) is 32.1 Å². The van der Waals surface area contributed by atoms with Crippen LogP contribution in [0.4, 0.5) is 0 Å². The molecule has 5 rings (SSSR count). The summed E-state index contributed by atoms with van der Waals surface area (Å²) in [4.78, 5) is 22.3. The van der Waals surface area contributed by atoms with Crippen LogP contribution in [0.25, 0.3) is 5.78 Å². The van der Waals surface area contributed by atoms with Gasteiger partial charge in [-0.25, -0.2) is 9.89 Å². The molecule has 2 aromatic heterocycles. The lowest BCUT2D eigenvalue weighted by molar-refractivity contribution is -0.587. The van der Waals surface area contributed by atoms with Crippen molar-refractivity contribution in [2.45, 2.75) is 96.5 Å². The molecule has 1 aliphatic carbocycles. The van der Waals surface area contributed by atoms with Crippen LogP contribution in [0.3, 0.4) is 0 Å². The number of aryl methyl sites for hydroxylation is 2. The molecule has 0 amide bonds. The number of cyclic esters (lactones) is 1. The minimum absolute atomic E-state index is 0. The first-order chi connectivity index (χ1) is 16.9. The van der Waals surface area contributed by atoms with E-state index in [1.807, 2.05) is 19.9 Å². The lowest BCUT2D eigenvalue weighted by Crippen LogP contribution is -2.46. The summed E-state index contributed by atoms with van der Waals surface area (Å²) >= 11 is 0. The van der Waals surface area contributed by atoms with Crippen molar-refractivity contribution in [3.8, 4) is 0 Å². The van der Waals surface area contributed by atoms with E-state index in [2.05, 4.69) is 20.4 Å². The Kier molecular flexibility index (Phi) is 8.56. The van der Waals surface area contributed by atoms with E-state index in [1.54, 1.807) is 4.52 Å². The molecule has 36 heavy (non-hydrogen) atoms. The van der Waals surface area contributed by atoms with Gasteiger partial charge in [-0.1, -0.05) is 35.7 Å². The van der Waals surface area contributed by atoms with E-state index in [-0.39, 0.29) is 30.6 Å². The number of esters is 1. The van der Waals surface area contributed by atoms with Crippen molar-refractivity contribution in [1.29, 1.82) is 0 Å². The number of carbonyl (C=O) groups is 1. The number of aromatic amines is 1. The van der Waals surface area contributed by atoms with Gasteiger partial charge < -0.3 is 15.2 Å². The van der Waals surface area contributed by atoms with Gasteiger partial charge in [0.25, 0.3) is 0 Å². The second kappa shape index (κ2) is 11.5. The average Bonchev–Trinajstić information content (AvgIpc) is 3.51. The maximum Gasteiger partial charge on any atom is 0.457 e. The topological polar surface area (TPSA) is 104 Å². The summed E-state index contributed by atoms with van der Waals surface area (Å²) < 4.78 is 8.10. The van der Waals surface area contributed by atoms with Gasteiger partial charge in [0.2, 0.25) is 5.82 Å². The van der Waals surface area contributed by atoms with Gasteiger partial charge in [0.15, 0.2) is 0 Å². The van der Waals surface area contributed by atoms with Crippen molar-refractivity contribution in [3.05, 3.63) is 34.6 Å². The zero-order chi connectivity index (χ0) is 24.4. The van der Waals surface area contributed by atoms with Crippen LogP contribution in [-0.2, 0) is 16.0 Å². The Balaban J connectivity index is 0.00000304. The Morgan fingerprint density at radius 3 is 2.61 bits per heavy atom. The monoisotopic (exact) mass is 518 g/mol. The molecule has 0 aromatic carbocycles. The van der Waals surface area contributed by atoms with E-state index >= 15 is 0 Å². The molecule has 0 bridgehead atoms. The predicted molar refractivity (Wildman–Crippen MR) is 139 cm³/mol. The molecule has 1 unspecified atom stereocenters. The lowest BCUT2D eigenvalue weighted by atomic mass is 9.76. The van der Waals surface area contributed by atoms with Crippen molar-refractivity contribution < 1.29 is 19.2 Å². The summed E-state index contributed by atoms with van der Waals surface area (Å²) in [6, 6.07) is 1.97. The Hall–Kier alpha value is -2.19. The zero-order valence-corrected chi connectivity index (χ0v) is 22.5. The van der Waals surface area contributed by atoms with Gasteiger partial charge in [0, 0.05) is 12.5 Å². The van der Waals surface area contributed by atoms with Crippen LogP contribution in [0.1, 0.15) is 87.8 Å². The first-order valence-corrected chi connectivity index (χ1v) is 13.5. The number of aromatic nitrogens is 4. The quantitative estimate of drug-likeness (QED) is 0.272. The smallest absolute Gasteiger partial charge is 0.457 e. The molecular formula is C27H41ClN5O3+. The van der Waals surface area contributed by atoms with Crippen LogP contribution in [0.15, 0.2) is 17.4 Å². The number of halogens is 1. The molecule has 2 aromatic rings. The Morgan fingerprint density at radius 2 is 1.89 bits per heavy atom. The van der Waals surface area contributed by atoms with Crippen molar-refractivity contribution in [2.75, 3.05) is 13.1 Å². The largest absolute Gasteiger partial charge is 0.512 e. The number of aliphatic hydroxyl groups is 1. The van der Waals surface area contributed by atoms with Gasteiger partial charge in [-0.3, -0.25) is 0 Å². The molecule has 1 atom stereocenters. The van der Waals surface area contributed by atoms with Crippen molar-refractivity contribution in [2.24, 2.45) is 11.8 Å². The van der Waals surface area contributed by atoms with Crippen LogP contribution in [-0.4, -0.2) is 44.8 Å². The maximum atomic E-state index is 13.3. The first-order valence-electron chi connectivity index (χ1n) is 13.5. The first kappa shape index (κ1) is 26.9. The van der Waals surface area contributed by atoms with Gasteiger partial charge >= 0.3 is 11.7 Å². The zero-order valence-electron chi connectivity index (χ0n) is 21.6. The van der Waals surface area contributed by atoms with Gasteiger partial charge in [-0.2, -0.15) is 0 Å². The molecule has 0 radical (unpaired) electrons. The summed E-state index contributed by atoms with van der Waals surface area (Å²) in [6.45, 7) is 6.18. The number of carbonyl (C=O) groups excluding carboxylic acids is 1. The standard InChI is InChI=1S/C27H39N5O3.ClH/c1-18-15-19(2)32-26(29-18)30-24(31-32)16-22-23(33)17-27(35-25(22)34,21-8-3-4-9-21)12-6-5-7-20-10-13-28-14-11-20;/h15,20-21,28H,3-14,16-17H2,1-2H3,(H,33,34);1H/p+1. The molecule has 198 valence electrons. The third-order valence-electron chi connectivity index (χ3n) is 8.44. The fourth-order valence-electron chi connectivity index (χ4n) is 6.51. The van der Waals surface area contributed by atoms with Crippen molar-refractivity contribution in [1.82, 2.24) is 20.4 Å². The minimum Gasteiger partial charge on any atom is -0.512 e. The highest BCUT2D eigenvalue weighted by atomic mass is 35.5. The number of hydrogen-bond donors (Lipinski definition) is 3. The number of H-pyrrole nitrogens is 1. The van der Waals surface area contributed by atoms with Crippen LogP contribution in [0.2, 0.25) is 0 Å². The van der Waals surface area contributed by atoms with E-state index < -0.39 is 5.60 Å². The number of nitrogens with zero attached hydrogens (tertiary/aromatic N) is 3. The number of unbranched alkanes of at least 4 members (excludes halogenated alkanes) is 1. The Morgan fingerprint density at radius 1 is 1.14 bits per heavy atom. The molecule has 2 fully saturated rings. The third-order valence-corrected chi connectivity index (χ3v) is 8.44. The number of hydrogen-bond acceptors (Lipinski definition) is 6. The second-order valence-corrected chi connectivity index (χ2v) is 11.0. The highest BCUT2D eigenvalue weighted by Crippen LogP contribution is 2.46. The Labute approximate surface area is 219 Å². The number of rotatable bonds is 8. The maximum absolute atomic E-state index is 13.3. The fraction of sp³-hybridized carbons (Fsp3) is 0.704. The summed E-state index contributed by atoms with van der Waals surface area (Å²) in [5.74, 6) is 2.11. The number of fused-ring (bicyclic) bond motifs is 1. The molecule has 9 heteroatoms. The van der Waals surface area contributed by atoms with E-state index in [9.17, 15) is 9.90 Å². The lowest BCUT2D eigenvalue weighted by Gasteiger charge is -2.42. The number of aliphatic hydroxyl groups excluding tert-OH is 1. The van der Waals surface area contributed by atoms with Crippen molar-refractivity contribution >= 4 is 24.2 Å². The van der Waals surface area contributed by atoms with Crippen LogP contribution >= 0.6 is 12.4 Å². The molecule has 8 nitrogen and oxygen atoms in total. The molecule has 3 aliphatic rings. The van der Waals surface area contributed by atoms with Gasteiger partial charge in [-0.15, -0.1) is 16.9 Å². The van der Waals surface area contributed by atoms with Crippen LogP contribution in [0.5, 0.6) is 0 Å². The molecule has 1 saturated carbocycles. The number of ether oxygens (including phenoxy) is 1. The number of piperidine rings is 1. The van der Waals surface area contributed by atoms with Gasteiger partial charge in [0.1, 0.15) is 22.7 Å². The second-order valence-electron chi connectivity index (χ2n) is 11.0. The predicted octanol–water partition coefficient (Wildman–Crippen LogP) is 4.37. The van der Waals surface area contributed by atoms with Crippen molar-refractivity contribution in [3.63, 3.8) is 0 Å². The van der Waals surface area contributed by atoms with E-state index in [0.29, 0.717) is 29.5 Å². The highest BCUT2D eigenvalue weighted by molar-refractivity contribution is 5.90. The highest BCUT2D eigenvalue weighted by Gasteiger charge is 2.48. The van der Waals surface area contributed by atoms with Gasteiger partial charge in [0.05, 0.1) is 12.0 Å². The van der Waals surface area contributed by atoms with Gasteiger partial charge in [-0.05, 0) is 77.3 Å². The summed E-state index contributed by atoms with van der Waals surface area (Å²) in [6.07, 6.45) is 12.0. The molecule has 3 N–H and O–H groups in total. The summed E-state index contributed by atoms with van der Waals surface area (Å²) in [7, 11) is 0. The van der Waals surface area contributed by atoms with Crippen LogP contribution < -0.4 is 9.83 Å². The molecule has 4 heterocycles. The minimum atomic E-state index is -0.562. The third kappa shape index (κ3) is 5.70. The van der Waals surface area contributed by atoms with E-state index in [0.717, 1.165) is 62.5 Å². The van der Waals surface area contributed by atoms with E-state index in [4.69, 9.17) is 4.74 Å². The molecule has 2 aliphatic heterocycles. The molecule has 0 spiro atoms. The van der Waals surface area contributed by atoms with Crippen LogP contribution in [0, 0.1) is 25.7 Å². The normalized spacial score (nSPS) is 23.8.